The maximum atomic E-state index is 13.1. The van der Waals surface area contributed by atoms with Crippen molar-refractivity contribution >= 4 is 34.0 Å². The number of hydrogen-bond donors (Lipinski definition) is 0. The first-order valence-electron chi connectivity index (χ1n) is 9.92. The van der Waals surface area contributed by atoms with E-state index in [1.807, 2.05) is 49.1 Å². The molecule has 6 nitrogen and oxygen atoms in total. The Kier molecular flexibility index (Phi) is 4.08. The molecule has 1 fully saturated rings. The summed E-state index contributed by atoms with van der Waals surface area (Å²) in [6, 6.07) is 12.5. The highest BCUT2D eigenvalue weighted by atomic mass is 16.4. The van der Waals surface area contributed by atoms with Gasteiger partial charge in [-0.2, -0.15) is 4.98 Å². The van der Waals surface area contributed by atoms with Crippen LogP contribution < -0.4 is 4.90 Å². The molecule has 0 spiro atoms. The number of carbonyl (C=O) groups is 1. The van der Waals surface area contributed by atoms with Crippen LogP contribution in [0.15, 0.2) is 45.2 Å². The number of amides is 1. The fraction of sp³-hybridized carbons (Fsp3) is 0.304. The molecule has 3 heterocycles. The average Bonchev–Trinajstić information content (AvgIpc) is 3.32. The van der Waals surface area contributed by atoms with Crippen LogP contribution >= 0.6 is 0 Å². The molecule has 0 unspecified atom stereocenters. The molecule has 1 aliphatic rings. The number of piperazine rings is 1. The number of furan rings is 1. The summed E-state index contributed by atoms with van der Waals surface area (Å²) < 4.78 is 11.9. The van der Waals surface area contributed by atoms with E-state index in [2.05, 4.69) is 22.9 Å². The fourth-order valence-corrected chi connectivity index (χ4v) is 3.96. The molecule has 2 aromatic heterocycles. The molecule has 0 aliphatic carbocycles. The predicted molar refractivity (Wildman–Crippen MR) is 113 cm³/mol. The molecule has 0 bridgehead atoms. The molecule has 0 radical (unpaired) electrons. The van der Waals surface area contributed by atoms with E-state index in [1.165, 1.54) is 0 Å². The Morgan fingerprint density at radius 3 is 2.45 bits per heavy atom. The molecule has 4 aromatic rings. The van der Waals surface area contributed by atoms with E-state index in [0.717, 1.165) is 38.8 Å². The zero-order valence-electron chi connectivity index (χ0n) is 16.9. The second-order valence-corrected chi connectivity index (χ2v) is 7.68. The summed E-state index contributed by atoms with van der Waals surface area (Å²) in [6.07, 6.45) is 0. The number of para-hydroxylation sites is 2. The van der Waals surface area contributed by atoms with E-state index in [-0.39, 0.29) is 5.91 Å². The van der Waals surface area contributed by atoms with Crippen LogP contribution in [-0.2, 0) is 0 Å². The Hall–Kier alpha value is -3.28. The predicted octanol–water partition coefficient (Wildman–Crippen LogP) is 4.46. The van der Waals surface area contributed by atoms with E-state index in [1.54, 1.807) is 0 Å². The molecule has 148 valence electrons. The second-order valence-electron chi connectivity index (χ2n) is 7.68. The van der Waals surface area contributed by atoms with Crippen LogP contribution in [0.5, 0.6) is 0 Å². The van der Waals surface area contributed by atoms with E-state index < -0.39 is 0 Å². The third kappa shape index (κ3) is 2.87. The van der Waals surface area contributed by atoms with Gasteiger partial charge in [-0.15, -0.1) is 0 Å². The van der Waals surface area contributed by atoms with Gasteiger partial charge in [0.05, 0.1) is 0 Å². The highest BCUT2D eigenvalue weighted by molar-refractivity contribution is 5.99. The van der Waals surface area contributed by atoms with Gasteiger partial charge in [-0.25, -0.2) is 0 Å². The van der Waals surface area contributed by atoms with Gasteiger partial charge in [0.1, 0.15) is 11.1 Å². The van der Waals surface area contributed by atoms with Crippen molar-refractivity contribution in [2.45, 2.75) is 20.8 Å². The number of hydrogen-bond acceptors (Lipinski definition) is 5. The lowest BCUT2D eigenvalue weighted by Crippen LogP contribution is -2.49. The number of aromatic nitrogens is 1. The number of carbonyl (C=O) groups excluding carboxylic acids is 1. The SMILES string of the molecule is Cc1ccc2c(C)c(C(=O)N3CCN(c4nc5ccccc5o4)CC3)oc2c1C. The van der Waals surface area contributed by atoms with Crippen molar-refractivity contribution < 1.29 is 13.6 Å². The van der Waals surface area contributed by atoms with Crippen LogP contribution in [0.1, 0.15) is 27.2 Å². The fourth-order valence-electron chi connectivity index (χ4n) is 3.96. The molecule has 1 aliphatic heterocycles. The minimum absolute atomic E-state index is 0.0482. The summed E-state index contributed by atoms with van der Waals surface area (Å²) in [5, 5.41) is 1.02. The van der Waals surface area contributed by atoms with Gasteiger partial charge < -0.3 is 18.6 Å². The van der Waals surface area contributed by atoms with Crippen molar-refractivity contribution in [2.75, 3.05) is 31.1 Å². The minimum atomic E-state index is -0.0482. The largest absolute Gasteiger partial charge is 0.450 e. The molecule has 0 atom stereocenters. The third-order valence-corrected chi connectivity index (χ3v) is 5.94. The lowest BCUT2D eigenvalue weighted by atomic mass is 10.0. The van der Waals surface area contributed by atoms with Crippen LogP contribution in [0.25, 0.3) is 22.1 Å². The Balaban J connectivity index is 1.35. The van der Waals surface area contributed by atoms with Gasteiger partial charge in [0.2, 0.25) is 0 Å². The summed E-state index contributed by atoms with van der Waals surface area (Å²) in [5.74, 6) is 0.400. The second kappa shape index (κ2) is 6.65. The van der Waals surface area contributed by atoms with E-state index in [4.69, 9.17) is 8.83 Å². The Morgan fingerprint density at radius 1 is 0.931 bits per heavy atom. The summed E-state index contributed by atoms with van der Waals surface area (Å²) in [4.78, 5) is 21.6. The quantitative estimate of drug-likeness (QED) is 0.506. The number of fused-ring (bicyclic) bond motifs is 2. The summed E-state index contributed by atoms with van der Waals surface area (Å²) in [5.41, 5.74) is 5.61. The van der Waals surface area contributed by atoms with Gasteiger partial charge in [0.15, 0.2) is 11.3 Å². The zero-order valence-corrected chi connectivity index (χ0v) is 16.9. The first-order chi connectivity index (χ1) is 14.0. The number of oxazole rings is 1. The lowest BCUT2D eigenvalue weighted by Gasteiger charge is -2.33. The zero-order chi connectivity index (χ0) is 20.1. The van der Waals surface area contributed by atoms with E-state index in [0.29, 0.717) is 38.0 Å². The minimum Gasteiger partial charge on any atom is -0.450 e. The maximum Gasteiger partial charge on any atom is 0.298 e. The molecular formula is C23H23N3O3. The third-order valence-electron chi connectivity index (χ3n) is 5.94. The first-order valence-corrected chi connectivity index (χ1v) is 9.92. The highest BCUT2D eigenvalue weighted by Gasteiger charge is 2.28. The number of benzene rings is 2. The summed E-state index contributed by atoms with van der Waals surface area (Å²) in [6.45, 7) is 8.61. The average molecular weight is 389 g/mol. The number of aryl methyl sites for hydroxylation is 3. The topological polar surface area (TPSA) is 62.7 Å². The molecule has 1 amide bonds. The lowest BCUT2D eigenvalue weighted by molar-refractivity contribution is 0.0714. The van der Waals surface area contributed by atoms with Crippen molar-refractivity contribution in [1.29, 1.82) is 0 Å². The number of nitrogens with zero attached hydrogens (tertiary/aromatic N) is 3. The van der Waals surface area contributed by atoms with Crippen molar-refractivity contribution in [3.63, 3.8) is 0 Å². The van der Waals surface area contributed by atoms with Gasteiger partial charge in [-0.1, -0.05) is 24.3 Å². The normalized spacial score (nSPS) is 14.9. The van der Waals surface area contributed by atoms with Crippen molar-refractivity contribution in [3.8, 4) is 0 Å². The monoisotopic (exact) mass is 389 g/mol. The van der Waals surface area contributed by atoms with Gasteiger partial charge in [-0.05, 0) is 44.0 Å². The first kappa shape index (κ1) is 17.8. The number of rotatable bonds is 2. The molecule has 1 saturated heterocycles. The Bertz CT molecular complexity index is 1200. The van der Waals surface area contributed by atoms with E-state index >= 15 is 0 Å². The standard InChI is InChI=1S/C23H23N3O3/c1-14-8-9-17-16(3)21(29-20(17)15(14)2)22(27)25-10-12-26(13-11-25)23-24-18-6-4-5-7-19(18)28-23/h4-9H,10-13H2,1-3H3. The van der Waals surface area contributed by atoms with Gasteiger partial charge >= 0.3 is 0 Å². The Morgan fingerprint density at radius 2 is 1.69 bits per heavy atom. The van der Waals surface area contributed by atoms with E-state index in [9.17, 15) is 4.79 Å². The molecular weight excluding hydrogens is 366 g/mol. The van der Waals surface area contributed by atoms with Crippen LogP contribution in [-0.4, -0.2) is 42.0 Å². The molecule has 5 rings (SSSR count). The smallest absolute Gasteiger partial charge is 0.298 e. The van der Waals surface area contributed by atoms with Gasteiger partial charge in [0, 0.05) is 37.1 Å². The molecule has 0 N–H and O–H groups in total. The Labute approximate surface area is 168 Å². The molecule has 29 heavy (non-hydrogen) atoms. The summed E-state index contributed by atoms with van der Waals surface area (Å²) in [7, 11) is 0. The summed E-state index contributed by atoms with van der Waals surface area (Å²) >= 11 is 0. The van der Waals surface area contributed by atoms with Crippen LogP contribution in [0.3, 0.4) is 0 Å². The van der Waals surface area contributed by atoms with Crippen molar-refractivity contribution in [2.24, 2.45) is 0 Å². The van der Waals surface area contributed by atoms with Gasteiger partial charge in [0.25, 0.3) is 11.9 Å². The van der Waals surface area contributed by atoms with Crippen LogP contribution in [0, 0.1) is 20.8 Å². The van der Waals surface area contributed by atoms with Gasteiger partial charge in [-0.3, -0.25) is 4.79 Å². The molecule has 0 saturated carbocycles. The van der Waals surface area contributed by atoms with Crippen LogP contribution in [0.2, 0.25) is 0 Å². The van der Waals surface area contributed by atoms with Crippen molar-refractivity contribution in [3.05, 3.63) is 58.8 Å². The van der Waals surface area contributed by atoms with Crippen molar-refractivity contribution in [1.82, 2.24) is 9.88 Å². The van der Waals surface area contributed by atoms with Crippen LogP contribution in [0.4, 0.5) is 6.01 Å². The maximum absolute atomic E-state index is 13.1. The highest BCUT2D eigenvalue weighted by Crippen LogP contribution is 2.30. The molecule has 2 aromatic carbocycles. The number of anilines is 1. The molecule has 6 heteroatoms.